The number of aliphatic hydroxyl groups excluding tert-OH is 1. The maximum absolute atomic E-state index is 10.4. The first kappa shape index (κ1) is 10.1. The third-order valence-corrected chi connectivity index (χ3v) is 2.75. The van der Waals surface area contributed by atoms with Gasteiger partial charge in [-0.15, -0.1) is 4.91 Å². The zero-order valence-electron chi connectivity index (χ0n) is 8.52. The molecule has 0 saturated carbocycles. The standard InChI is InChI=1S/C11H14N2O2/c14-7-6-13-5-1-2-9-8-10(12-15)3-4-11(9)13/h3-4,8,14H,1-2,5-7H2. The van der Waals surface area contributed by atoms with Crippen LogP contribution in [0.3, 0.4) is 0 Å². The van der Waals surface area contributed by atoms with Crippen LogP contribution in [0, 0.1) is 4.91 Å². The van der Waals surface area contributed by atoms with Gasteiger partial charge in [-0.25, -0.2) is 0 Å². The molecule has 0 aromatic heterocycles. The van der Waals surface area contributed by atoms with Crippen LogP contribution in [-0.4, -0.2) is 24.8 Å². The second kappa shape index (κ2) is 4.40. The predicted octanol–water partition coefficient (Wildman–Crippen LogP) is 1.83. The number of aryl methyl sites for hydroxylation is 1. The molecule has 0 atom stereocenters. The van der Waals surface area contributed by atoms with Gasteiger partial charge >= 0.3 is 0 Å². The molecule has 0 amide bonds. The molecule has 1 heterocycles. The Morgan fingerprint density at radius 1 is 1.47 bits per heavy atom. The molecular formula is C11H14N2O2. The van der Waals surface area contributed by atoms with Crippen molar-refractivity contribution < 1.29 is 5.11 Å². The topological polar surface area (TPSA) is 52.9 Å². The molecule has 0 radical (unpaired) electrons. The van der Waals surface area contributed by atoms with Gasteiger partial charge in [-0.1, -0.05) is 0 Å². The fraction of sp³-hybridized carbons (Fsp3) is 0.455. The van der Waals surface area contributed by atoms with E-state index in [4.69, 9.17) is 5.11 Å². The predicted molar refractivity (Wildman–Crippen MR) is 59.5 cm³/mol. The molecule has 4 heteroatoms. The molecule has 1 aromatic rings. The Labute approximate surface area is 88.5 Å². The molecule has 1 aliphatic heterocycles. The van der Waals surface area contributed by atoms with Crippen LogP contribution in [0.2, 0.25) is 0 Å². The van der Waals surface area contributed by atoms with Crippen LogP contribution < -0.4 is 4.90 Å². The fourth-order valence-corrected chi connectivity index (χ4v) is 2.07. The van der Waals surface area contributed by atoms with Crippen LogP contribution in [0.1, 0.15) is 12.0 Å². The number of benzene rings is 1. The monoisotopic (exact) mass is 206 g/mol. The van der Waals surface area contributed by atoms with Gasteiger partial charge in [0.1, 0.15) is 5.69 Å². The number of nitrogens with zero attached hydrogens (tertiary/aromatic N) is 2. The van der Waals surface area contributed by atoms with Crippen molar-refractivity contribution in [3.8, 4) is 0 Å². The number of hydrogen-bond donors (Lipinski definition) is 1. The molecule has 0 bridgehead atoms. The lowest BCUT2D eigenvalue weighted by Crippen LogP contribution is -2.31. The Balaban J connectivity index is 2.31. The van der Waals surface area contributed by atoms with Gasteiger partial charge in [0.2, 0.25) is 0 Å². The molecule has 2 rings (SSSR count). The summed E-state index contributed by atoms with van der Waals surface area (Å²) in [5.74, 6) is 0. The molecular weight excluding hydrogens is 192 g/mol. The van der Waals surface area contributed by atoms with Gasteiger partial charge in [0.05, 0.1) is 6.61 Å². The third-order valence-electron chi connectivity index (χ3n) is 2.75. The van der Waals surface area contributed by atoms with Crippen LogP contribution in [-0.2, 0) is 6.42 Å². The first-order valence-electron chi connectivity index (χ1n) is 5.17. The largest absolute Gasteiger partial charge is 0.395 e. The highest BCUT2D eigenvalue weighted by Gasteiger charge is 2.16. The highest BCUT2D eigenvalue weighted by atomic mass is 16.3. The summed E-state index contributed by atoms with van der Waals surface area (Å²) in [7, 11) is 0. The van der Waals surface area contributed by atoms with Gasteiger partial charge in [-0.05, 0) is 41.8 Å². The zero-order chi connectivity index (χ0) is 10.7. The first-order valence-corrected chi connectivity index (χ1v) is 5.17. The van der Waals surface area contributed by atoms with Gasteiger partial charge in [0.15, 0.2) is 0 Å². The number of rotatable bonds is 3. The Bertz CT molecular complexity index is 366. The number of β-amino-alcohol motifs (C(OH)–C–C–N with tert-alkyl or cyclic N) is 1. The van der Waals surface area contributed by atoms with E-state index in [1.807, 2.05) is 12.1 Å². The summed E-state index contributed by atoms with van der Waals surface area (Å²) in [6, 6.07) is 5.48. The molecule has 1 aromatic carbocycles. The molecule has 0 aliphatic carbocycles. The zero-order valence-corrected chi connectivity index (χ0v) is 8.52. The van der Waals surface area contributed by atoms with E-state index < -0.39 is 0 Å². The van der Waals surface area contributed by atoms with Crippen LogP contribution >= 0.6 is 0 Å². The van der Waals surface area contributed by atoms with E-state index in [2.05, 4.69) is 10.1 Å². The SMILES string of the molecule is O=Nc1ccc2c(c1)CCCN2CCO. The highest BCUT2D eigenvalue weighted by Crippen LogP contribution is 2.30. The van der Waals surface area contributed by atoms with Gasteiger partial charge in [-0.3, -0.25) is 0 Å². The summed E-state index contributed by atoms with van der Waals surface area (Å²) in [5, 5.41) is 11.9. The smallest absolute Gasteiger partial charge is 0.108 e. The summed E-state index contributed by atoms with van der Waals surface area (Å²) in [4.78, 5) is 12.5. The second-order valence-corrected chi connectivity index (χ2v) is 3.72. The minimum absolute atomic E-state index is 0.160. The van der Waals surface area contributed by atoms with Crippen molar-refractivity contribution in [1.82, 2.24) is 0 Å². The molecule has 1 N–H and O–H groups in total. The average molecular weight is 206 g/mol. The Morgan fingerprint density at radius 2 is 2.33 bits per heavy atom. The van der Waals surface area contributed by atoms with Crippen molar-refractivity contribution in [3.63, 3.8) is 0 Å². The van der Waals surface area contributed by atoms with E-state index in [-0.39, 0.29) is 6.61 Å². The Hall–Kier alpha value is -1.42. The maximum atomic E-state index is 10.4. The van der Waals surface area contributed by atoms with Crippen molar-refractivity contribution in [1.29, 1.82) is 0 Å². The van der Waals surface area contributed by atoms with Gasteiger partial charge in [0, 0.05) is 18.8 Å². The van der Waals surface area contributed by atoms with Gasteiger partial charge < -0.3 is 10.0 Å². The molecule has 0 spiro atoms. The van der Waals surface area contributed by atoms with E-state index in [0.29, 0.717) is 12.2 Å². The normalized spacial score (nSPS) is 14.9. The van der Waals surface area contributed by atoms with Crippen molar-refractivity contribution in [2.75, 3.05) is 24.6 Å². The van der Waals surface area contributed by atoms with Crippen LogP contribution in [0.4, 0.5) is 11.4 Å². The first-order chi connectivity index (χ1) is 7.35. The maximum Gasteiger partial charge on any atom is 0.108 e. The number of aliphatic hydroxyl groups is 1. The van der Waals surface area contributed by atoms with E-state index in [1.54, 1.807) is 6.07 Å². The van der Waals surface area contributed by atoms with Crippen molar-refractivity contribution >= 4 is 11.4 Å². The number of nitroso groups, excluding NO2 is 1. The number of hydrogen-bond acceptors (Lipinski definition) is 4. The number of fused-ring (bicyclic) bond motifs is 1. The molecule has 1 aliphatic rings. The number of anilines is 1. The minimum atomic E-state index is 0.160. The van der Waals surface area contributed by atoms with Crippen molar-refractivity contribution in [2.24, 2.45) is 5.18 Å². The molecule has 15 heavy (non-hydrogen) atoms. The van der Waals surface area contributed by atoms with E-state index in [0.717, 1.165) is 30.6 Å². The van der Waals surface area contributed by atoms with Crippen molar-refractivity contribution in [2.45, 2.75) is 12.8 Å². The van der Waals surface area contributed by atoms with E-state index in [9.17, 15) is 4.91 Å². The Kier molecular flexibility index (Phi) is 2.97. The van der Waals surface area contributed by atoms with Crippen LogP contribution in [0.5, 0.6) is 0 Å². The highest BCUT2D eigenvalue weighted by molar-refractivity contribution is 5.60. The molecule has 80 valence electrons. The lowest BCUT2D eigenvalue weighted by atomic mass is 10.0. The third kappa shape index (κ3) is 1.99. The summed E-state index contributed by atoms with van der Waals surface area (Å²) in [6.07, 6.45) is 2.05. The van der Waals surface area contributed by atoms with E-state index in [1.165, 1.54) is 0 Å². The molecule has 0 fully saturated rings. The second-order valence-electron chi connectivity index (χ2n) is 3.72. The lowest BCUT2D eigenvalue weighted by Gasteiger charge is -2.30. The Morgan fingerprint density at radius 3 is 3.07 bits per heavy atom. The minimum Gasteiger partial charge on any atom is -0.395 e. The molecule has 0 saturated heterocycles. The van der Waals surface area contributed by atoms with Crippen LogP contribution in [0.25, 0.3) is 0 Å². The summed E-state index contributed by atoms with van der Waals surface area (Å²) in [5.41, 5.74) is 2.77. The lowest BCUT2D eigenvalue weighted by molar-refractivity contribution is 0.301. The van der Waals surface area contributed by atoms with E-state index >= 15 is 0 Å². The van der Waals surface area contributed by atoms with Gasteiger partial charge in [-0.2, -0.15) is 0 Å². The van der Waals surface area contributed by atoms with Crippen LogP contribution in [0.15, 0.2) is 23.4 Å². The fourth-order valence-electron chi connectivity index (χ4n) is 2.07. The summed E-state index contributed by atoms with van der Waals surface area (Å²) >= 11 is 0. The van der Waals surface area contributed by atoms with Crippen molar-refractivity contribution in [3.05, 3.63) is 28.7 Å². The summed E-state index contributed by atoms with van der Waals surface area (Å²) in [6.45, 7) is 1.79. The summed E-state index contributed by atoms with van der Waals surface area (Å²) < 4.78 is 0. The van der Waals surface area contributed by atoms with Gasteiger partial charge in [0.25, 0.3) is 0 Å². The molecule has 4 nitrogen and oxygen atoms in total. The molecule has 0 unspecified atom stereocenters. The average Bonchev–Trinajstić information content (AvgIpc) is 2.29. The quantitative estimate of drug-likeness (QED) is 0.767.